The molecule has 0 atom stereocenters. The van der Waals surface area contributed by atoms with Gasteiger partial charge in [0.05, 0.1) is 11.0 Å². The van der Waals surface area contributed by atoms with Gasteiger partial charge in [-0.3, -0.25) is 14.4 Å². The Morgan fingerprint density at radius 2 is 1.20 bits per heavy atom. The summed E-state index contributed by atoms with van der Waals surface area (Å²) in [6.45, 7) is 2.21. The lowest BCUT2D eigenvalue weighted by atomic mass is 10.1. The first-order valence-electron chi connectivity index (χ1n) is 13.4. The summed E-state index contributed by atoms with van der Waals surface area (Å²) in [5, 5.41) is 12.7. The predicted molar refractivity (Wildman–Crippen MR) is 192 cm³/mol. The monoisotopic (exact) mass is 844 g/mol. The molecule has 0 unspecified atom stereocenters. The van der Waals surface area contributed by atoms with Gasteiger partial charge < -0.3 is 22.5 Å². The van der Waals surface area contributed by atoms with Crippen molar-refractivity contribution in [1.29, 1.82) is 0 Å². The summed E-state index contributed by atoms with van der Waals surface area (Å²) < 4.78 is 5.25. The van der Waals surface area contributed by atoms with E-state index >= 15 is 0 Å². The van der Waals surface area contributed by atoms with Crippen molar-refractivity contribution in [2.24, 2.45) is 17.2 Å². The van der Waals surface area contributed by atoms with Gasteiger partial charge in [-0.25, -0.2) is 19.3 Å². The first-order valence-corrected chi connectivity index (χ1v) is 15.5. The number of aromatic nitrogens is 6. The van der Waals surface area contributed by atoms with Gasteiger partial charge in [-0.1, -0.05) is 19.6 Å². The number of nitrogens with zero attached hydrogens (tertiary/aromatic N) is 6. The molecule has 6 rings (SSSR count). The molecule has 0 aliphatic heterocycles. The molecule has 7 N–H and O–H groups in total. The Bertz CT molecular complexity index is 2090. The van der Waals surface area contributed by atoms with Gasteiger partial charge in [0.25, 0.3) is 11.8 Å². The molecule has 4 aromatic heterocycles. The highest BCUT2D eigenvalue weighted by atomic mass is 127. The molecule has 0 aliphatic rings. The van der Waals surface area contributed by atoms with Gasteiger partial charge in [0.15, 0.2) is 23.0 Å². The molecule has 3 amide bonds. The Morgan fingerprint density at radius 1 is 0.739 bits per heavy atom. The van der Waals surface area contributed by atoms with Gasteiger partial charge in [-0.2, -0.15) is 10.2 Å². The molecule has 0 saturated heterocycles. The highest BCUT2D eigenvalue weighted by Crippen LogP contribution is 2.25. The van der Waals surface area contributed by atoms with Crippen LogP contribution < -0.4 is 22.5 Å². The number of pyridine rings is 2. The predicted octanol–water partition coefficient (Wildman–Crippen LogP) is 3.98. The molecule has 13 nitrogen and oxygen atoms in total. The molecule has 0 aliphatic carbocycles. The van der Waals surface area contributed by atoms with Crippen molar-refractivity contribution < 1.29 is 14.4 Å². The number of carbonyl (C=O) groups excluding carboxylic acids is 3. The number of hydrogen-bond donors (Lipinski definition) is 4. The highest BCUT2D eigenvalue weighted by Gasteiger charge is 2.18. The second-order valence-corrected chi connectivity index (χ2v) is 12.2. The number of nitrogens with one attached hydrogen (secondary N) is 1. The maximum Gasteiger partial charge on any atom is 0.269 e. The highest BCUT2D eigenvalue weighted by molar-refractivity contribution is 14.1. The van der Waals surface area contributed by atoms with Gasteiger partial charge >= 0.3 is 0 Å². The van der Waals surface area contributed by atoms with Gasteiger partial charge in [0.2, 0.25) is 5.91 Å². The molecular weight excluding hydrogens is 814 g/mol. The van der Waals surface area contributed by atoms with E-state index in [9.17, 15) is 14.4 Å². The van der Waals surface area contributed by atoms with Gasteiger partial charge in [0.1, 0.15) is 0 Å². The zero-order valence-corrected chi connectivity index (χ0v) is 28.1. The first-order chi connectivity index (χ1) is 21.5. The molecular formula is C31H30I2N10O3. The van der Waals surface area contributed by atoms with Crippen LogP contribution in [0.2, 0.25) is 0 Å². The number of carbonyl (C=O) groups is 3. The fourth-order valence-electron chi connectivity index (χ4n) is 4.53. The summed E-state index contributed by atoms with van der Waals surface area (Å²) in [7, 11) is 0. The Morgan fingerprint density at radius 3 is 1.61 bits per heavy atom. The number of halogens is 2. The van der Waals surface area contributed by atoms with Crippen LogP contribution in [0.4, 0.5) is 0 Å². The molecule has 0 fully saturated rings. The third-order valence-electron chi connectivity index (χ3n) is 6.58. The smallest absolute Gasteiger partial charge is 0.269 e. The topological polar surface area (TPSA) is 203 Å². The summed E-state index contributed by atoms with van der Waals surface area (Å²) in [5.41, 5.74) is 20.2. The maximum absolute atomic E-state index is 11.8. The zero-order valence-electron chi connectivity index (χ0n) is 23.7. The molecule has 0 radical (unpaired) electrons. The number of amides is 3. The summed E-state index contributed by atoms with van der Waals surface area (Å²) >= 11 is 4.38. The standard InChI is InChI=1S/C16H14IN5O2.C14H12IN5O.CH4/c1-9(23)20-8-10-2-3-13-12(6-10)15(16(18)24)21-22(13)14-7-11(17)4-5-19-14;15-9-3-4-18-12(6-9)20-11-2-1-8(7-16)5-10(11)13(19-20)14(17)21;/h2-7H,8H2,1H3,(H2,18,24)(H,20,23);1-6H,7,16H2,(H2,17,21);1H4. The van der Waals surface area contributed by atoms with Crippen molar-refractivity contribution >= 4 is 84.7 Å². The molecule has 46 heavy (non-hydrogen) atoms. The quantitative estimate of drug-likeness (QED) is 0.173. The van der Waals surface area contributed by atoms with Gasteiger partial charge in [-0.15, -0.1) is 0 Å². The van der Waals surface area contributed by atoms with Gasteiger partial charge in [0, 0.05) is 50.3 Å². The normalized spacial score (nSPS) is 10.6. The van der Waals surface area contributed by atoms with Crippen LogP contribution in [0.5, 0.6) is 0 Å². The average molecular weight is 844 g/mol. The van der Waals surface area contributed by atoms with Crippen LogP contribution in [-0.2, 0) is 17.9 Å². The number of rotatable bonds is 7. The Hall–Kier alpha value is -4.49. The van der Waals surface area contributed by atoms with Crippen molar-refractivity contribution in [3.63, 3.8) is 0 Å². The average Bonchev–Trinajstić information content (AvgIpc) is 3.59. The Labute approximate surface area is 291 Å². The largest absolute Gasteiger partial charge is 0.364 e. The number of nitrogens with two attached hydrogens (primary N) is 3. The molecule has 0 saturated carbocycles. The minimum atomic E-state index is -0.610. The van der Waals surface area contributed by atoms with Crippen LogP contribution in [0.25, 0.3) is 33.4 Å². The van der Waals surface area contributed by atoms with Crippen LogP contribution in [0.1, 0.15) is 46.5 Å². The maximum atomic E-state index is 11.8. The van der Waals surface area contributed by atoms with Crippen molar-refractivity contribution in [3.05, 3.63) is 103 Å². The summed E-state index contributed by atoms with van der Waals surface area (Å²) in [4.78, 5) is 43.0. The van der Waals surface area contributed by atoms with Crippen LogP contribution in [0, 0.1) is 7.14 Å². The Balaban J connectivity index is 0.000000206. The van der Waals surface area contributed by atoms with E-state index < -0.39 is 11.8 Å². The van der Waals surface area contributed by atoms with Crippen molar-refractivity contribution in [2.45, 2.75) is 27.4 Å². The van der Waals surface area contributed by atoms with E-state index in [1.165, 1.54) is 6.92 Å². The van der Waals surface area contributed by atoms with Crippen LogP contribution in [-0.4, -0.2) is 47.3 Å². The van der Waals surface area contributed by atoms with E-state index in [1.807, 2.05) is 60.7 Å². The number of primary amides is 2. The van der Waals surface area contributed by atoms with E-state index in [1.54, 1.807) is 21.8 Å². The van der Waals surface area contributed by atoms with E-state index in [-0.39, 0.29) is 24.7 Å². The molecule has 15 heteroatoms. The molecule has 6 aromatic rings. The van der Waals surface area contributed by atoms with Gasteiger partial charge in [-0.05, 0) is 105 Å². The molecule has 0 bridgehead atoms. The van der Waals surface area contributed by atoms with E-state index in [0.29, 0.717) is 35.5 Å². The number of fused-ring (bicyclic) bond motifs is 2. The van der Waals surface area contributed by atoms with E-state index in [0.717, 1.165) is 29.3 Å². The van der Waals surface area contributed by atoms with Crippen molar-refractivity contribution in [1.82, 2.24) is 34.8 Å². The Kier molecular flexibility index (Phi) is 11.0. The molecule has 2 aromatic carbocycles. The fraction of sp³-hybridized carbons (Fsp3) is 0.129. The lowest BCUT2D eigenvalue weighted by molar-refractivity contribution is -0.119. The summed E-state index contributed by atoms with van der Waals surface area (Å²) in [5.74, 6) is -0.0579. The number of hydrogen-bond acceptors (Lipinski definition) is 8. The summed E-state index contributed by atoms with van der Waals surface area (Å²) in [6.07, 6.45) is 3.38. The van der Waals surface area contributed by atoms with Crippen LogP contribution >= 0.6 is 45.2 Å². The minimum Gasteiger partial charge on any atom is -0.364 e. The molecule has 236 valence electrons. The lowest BCUT2D eigenvalue weighted by Crippen LogP contribution is -2.18. The third kappa shape index (κ3) is 7.48. The van der Waals surface area contributed by atoms with E-state index in [2.05, 4.69) is 70.7 Å². The van der Waals surface area contributed by atoms with Crippen molar-refractivity contribution in [3.8, 4) is 11.6 Å². The molecule has 0 spiro atoms. The zero-order chi connectivity index (χ0) is 32.2. The molecule has 4 heterocycles. The third-order valence-corrected chi connectivity index (χ3v) is 7.92. The SMILES string of the molecule is C.CC(=O)NCc1ccc2c(c1)c(C(N)=O)nn2-c1cc(I)ccn1.NCc1ccc2c(c1)c(C(N)=O)nn2-c1cc(I)ccn1. The van der Waals surface area contributed by atoms with Crippen molar-refractivity contribution in [2.75, 3.05) is 0 Å². The number of benzene rings is 2. The van der Waals surface area contributed by atoms with Crippen LogP contribution in [0.15, 0.2) is 73.1 Å². The fourth-order valence-corrected chi connectivity index (χ4v) is 5.40. The second-order valence-electron chi connectivity index (χ2n) is 9.73. The second kappa shape index (κ2) is 14.7. The summed E-state index contributed by atoms with van der Waals surface area (Å²) in [6, 6.07) is 18.6. The van der Waals surface area contributed by atoms with Crippen LogP contribution in [0.3, 0.4) is 0 Å². The lowest BCUT2D eigenvalue weighted by Gasteiger charge is -2.05. The first kappa shape index (κ1) is 34.4. The minimum absolute atomic E-state index is 0. The van der Waals surface area contributed by atoms with E-state index in [4.69, 9.17) is 17.2 Å².